The molecule has 4 amide bonds. The van der Waals surface area contributed by atoms with Gasteiger partial charge in [0.15, 0.2) is 6.29 Å². The number of nitrogens with one attached hydrogen (secondary N) is 1. The van der Waals surface area contributed by atoms with Gasteiger partial charge in [-0.2, -0.15) is 0 Å². The Morgan fingerprint density at radius 3 is 2.42 bits per heavy atom. The molecule has 194 valence electrons. The maximum Gasteiger partial charge on any atom is 0.410 e. The number of nitrogens with zero attached hydrogens (tertiary/aromatic N) is 3. The molecule has 1 aromatic rings. The first kappa shape index (κ1) is 25.7. The third-order valence-electron chi connectivity index (χ3n) is 7.30. The molecule has 3 aliphatic rings. The monoisotopic (exact) mass is 498 g/mol. The van der Waals surface area contributed by atoms with Gasteiger partial charge in [-0.25, -0.2) is 4.79 Å². The molecule has 3 fully saturated rings. The molecule has 3 heterocycles. The first-order valence-electron chi connectivity index (χ1n) is 12.3. The number of likely N-dealkylation sites (N-methyl/N-ethyl adjacent to an activating group) is 1. The van der Waals surface area contributed by atoms with Gasteiger partial charge in [0.2, 0.25) is 11.8 Å². The van der Waals surface area contributed by atoms with Crippen molar-refractivity contribution in [3.05, 3.63) is 29.3 Å². The van der Waals surface area contributed by atoms with Crippen LogP contribution in [-0.4, -0.2) is 84.8 Å². The molecular formula is C26H34N4O6. The zero-order chi connectivity index (χ0) is 26.3. The van der Waals surface area contributed by atoms with E-state index in [4.69, 9.17) is 4.74 Å². The average molecular weight is 499 g/mol. The molecule has 10 heteroatoms. The standard InChI is InChI=1S/C26H34N4O6/c1-25(2,3)36-24(35)29-12-10-26(11-13-29)15-30(16-26)19-7-5-6-17(18(19)14-31)23(34)28(4)20-8-9-21(32)27-22(20)33/h5-7,14,20H,8-13,15-16H2,1-4H3,(H,27,32,33). The molecule has 0 bridgehead atoms. The average Bonchev–Trinajstić information content (AvgIpc) is 2.80. The molecule has 4 rings (SSSR count). The van der Waals surface area contributed by atoms with Crippen LogP contribution in [0.4, 0.5) is 10.5 Å². The molecule has 0 radical (unpaired) electrons. The number of carbonyl (C=O) groups is 5. The first-order chi connectivity index (χ1) is 16.9. The number of piperidine rings is 2. The lowest BCUT2D eigenvalue weighted by Crippen LogP contribution is -2.61. The lowest BCUT2D eigenvalue weighted by atomic mass is 9.71. The van der Waals surface area contributed by atoms with E-state index in [-0.39, 0.29) is 35.8 Å². The third kappa shape index (κ3) is 5.08. The maximum atomic E-state index is 13.3. The number of benzene rings is 1. The topological polar surface area (TPSA) is 116 Å². The fourth-order valence-corrected chi connectivity index (χ4v) is 5.26. The van der Waals surface area contributed by atoms with Gasteiger partial charge in [0.25, 0.3) is 5.91 Å². The molecule has 1 unspecified atom stereocenters. The van der Waals surface area contributed by atoms with Gasteiger partial charge in [-0.3, -0.25) is 24.5 Å². The van der Waals surface area contributed by atoms with Gasteiger partial charge < -0.3 is 19.4 Å². The normalized spacial score (nSPS) is 21.5. The van der Waals surface area contributed by atoms with Crippen molar-refractivity contribution in [1.29, 1.82) is 0 Å². The van der Waals surface area contributed by atoms with E-state index in [9.17, 15) is 24.0 Å². The number of ether oxygens (including phenoxy) is 1. The van der Waals surface area contributed by atoms with Crippen molar-refractivity contribution >= 4 is 35.8 Å². The Kier molecular flexibility index (Phi) is 6.81. The number of anilines is 1. The van der Waals surface area contributed by atoms with E-state index in [1.54, 1.807) is 17.0 Å². The Balaban J connectivity index is 1.42. The highest BCUT2D eigenvalue weighted by molar-refractivity contribution is 6.07. The highest BCUT2D eigenvalue weighted by Crippen LogP contribution is 2.44. The van der Waals surface area contributed by atoms with E-state index in [0.29, 0.717) is 30.6 Å². The summed E-state index contributed by atoms with van der Waals surface area (Å²) in [6.45, 7) is 8.27. The van der Waals surface area contributed by atoms with E-state index in [1.165, 1.54) is 11.9 Å². The van der Waals surface area contributed by atoms with Crippen LogP contribution in [0, 0.1) is 5.41 Å². The molecule has 0 saturated carbocycles. The first-order valence-corrected chi connectivity index (χ1v) is 12.3. The number of aldehydes is 1. The SMILES string of the molecule is CN(C(=O)c1cccc(N2CC3(CCN(C(=O)OC(C)(C)C)CC3)C2)c1C=O)C1CCC(=O)NC1=O. The van der Waals surface area contributed by atoms with Crippen molar-refractivity contribution in [3.63, 3.8) is 0 Å². The summed E-state index contributed by atoms with van der Waals surface area (Å²) in [6.07, 6.45) is 2.50. The number of imide groups is 1. The summed E-state index contributed by atoms with van der Waals surface area (Å²) in [7, 11) is 1.51. The van der Waals surface area contributed by atoms with Crippen molar-refractivity contribution in [2.45, 2.75) is 58.1 Å². The zero-order valence-corrected chi connectivity index (χ0v) is 21.3. The quantitative estimate of drug-likeness (QED) is 0.500. The van der Waals surface area contributed by atoms with Crippen LogP contribution in [0.15, 0.2) is 18.2 Å². The Morgan fingerprint density at radius 2 is 1.83 bits per heavy atom. The second kappa shape index (κ2) is 9.55. The highest BCUT2D eigenvalue weighted by atomic mass is 16.6. The van der Waals surface area contributed by atoms with Gasteiger partial charge >= 0.3 is 6.09 Å². The largest absolute Gasteiger partial charge is 0.444 e. The van der Waals surface area contributed by atoms with Crippen molar-refractivity contribution in [3.8, 4) is 0 Å². The van der Waals surface area contributed by atoms with Gasteiger partial charge in [0.1, 0.15) is 11.6 Å². The summed E-state index contributed by atoms with van der Waals surface area (Å²) >= 11 is 0. The van der Waals surface area contributed by atoms with Gasteiger partial charge in [-0.05, 0) is 52.2 Å². The number of rotatable bonds is 4. The summed E-state index contributed by atoms with van der Waals surface area (Å²) in [4.78, 5) is 66.6. The minimum absolute atomic E-state index is 0.0577. The third-order valence-corrected chi connectivity index (χ3v) is 7.30. The summed E-state index contributed by atoms with van der Waals surface area (Å²) in [5.74, 6) is -1.29. The zero-order valence-electron chi connectivity index (χ0n) is 21.3. The molecule has 1 aromatic carbocycles. The second-order valence-corrected chi connectivity index (χ2v) is 11.1. The number of likely N-dealkylation sites (tertiary alicyclic amines) is 1. The van der Waals surface area contributed by atoms with Crippen LogP contribution in [0.2, 0.25) is 0 Å². The van der Waals surface area contributed by atoms with Crippen LogP contribution in [0.1, 0.15) is 67.2 Å². The summed E-state index contributed by atoms with van der Waals surface area (Å²) in [5.41, 5.74) is 0.743. The van der Waals surface area contributed by atoms with E-state index in [2.05, 4.69) is 10.2 Å². The van der Waals surface area contributed by atoms with E-state index < -0.39 is 23.5 Å². The minimum atomic E-state index is -0.763. The fraction of sp³-hybridized carbons (Fsp3) is 0.577. The van der Waals surface area contributed by atoms with Crippen LogP contribution < -0.4 is 10.2 Å². The molecule has 0 aromatic heterocycles. The maximum absolute atomic E-state index is 13.3. The Morgan fingerprint density at radius 1 is 1.17 bits per heavy atom. The van der Waals surface area contributed by atoms with Gasteiger partial charge in [-0.1, -0.05) is 6.07 Å². The molecule has 10 nitrogen and oxygen atoms in total. The lowest BCUT2D eigenvalue weighted by Gasteiger charge is -2.55. The van der Waals surface area contributed by atoms with Crippen LogP contribution in [0.25, 0.3) is 0 Å². The number of carbonyl (C=O) groups excluding carboxylic acids is 5. The highest BCUT2D eigenvalue weighted by Gasteiger charge is 2.46. The second-order valence-electron chi connectivity index (χ2n) is 11.1. The number of amides is 4. The summed E-state index contributed by atoms with van der Waals surface area (Å²) < 4.78 is 5.49. The number of hydrogen-bond acceptors (Lipinski definition) is 7. The van der Waals surface area contributed by atoms with Gasteiger partial charge in [-0.15, -0.1) is 0 Å². The Hall–Kier alpha value is -3.43. The predicted octanol–water partition coefficient (Wildman–Crippen LogP) is 2.21. The summed E-state index contributed by atoms with van der Waals surface area (Å²) in [6, 6.07) is 4.40. The van der Waals surface area contributed by atoms with Crippen LogP contribution in [0.5, 0.6) is 0 Å². The van der Waals surface area contributed by atoms with E-state index >= 15 is 0 Å². The predicted molar refractivity (Wildman–Crippen MR) is 132 cm³/mol. The van der Waals surface area contributed by atoms with E-state index in [0.717, 1.165) is 25.9 Å². The Labute approximate surface area is 210 Å². The van der Waals surface area contributed by atoms with Crippen molar-refractivity contribution < 1.29 is 28.7 Å². The molecule has 1 spiro atoms. The molecule has 3 aliphatic heterocycles. The van der Waals surface area contributed by atoms with Gasteiger partial charge in [0.05, 0.1) is 11.1 Å². The van der Waals surface area contributed by atoms with Gasteiger partial charge in [0, 0.05) is 50.7 Å². The Bertz CT molecular complexity index is 1080. The molecule has 1 N–H and O–H groups in total. The van der Waals surface area contributed by atoms with Crippen molar-refractivity contribution in [2.24, 2.45) is 5.41 Å². The van der Waals surface area contributed by atoms with Crippen LogP contribution in [0.3, 0.4) is 0 Å². The lowest BCUT2D eigenvalue weighted by molar-refractivity contribution is -0.136. The minimum Gasteiger partial charge on any atom is -0.444 e. The molecular weight excluding hydrogens is 464 g/mol. The van der Waals surface area contributed by atoms with Crippen LogP contribution in [-0.2, 0) is 14.3 Å². The summed E-state index contributed by atoms with van der Waals surface area (Å²) in [5, 5.41) is 2.27. The molecule has 36 heavy (non-hydrogen) atoms. The van der Waals surface area contributed by atoms with Crippen molar-refractivity contribution in [1.82, 2.24) is 15.1 Å². The molecule has 3 saturated heterocycles. The number of hydrogen-bond donors (Lipinski definition) is 1. The molecule has 0 aliphatic carbocycles. The molecule has 1 atom stereocenters. The van der Waals surface area contributed by atoms with E-state index in [1.807, 2.05) is 26.8 Å². The fourth-order valence-electron chi connectivity index (χ4n) is 5.26. The van der Waals surface area contributed by atoms with Crippen LogP contribution >= 0.6 is 0 Å². The van der Waals surface area contributed by atoms with Crippen molar-refractivity contribution in [2.75, 3.05) is 38.1 Å². The smallest absolute Gasteiger partial charge is 0.410 e.